The van der Waals surface area contributed by atoms with Crippen molar-refractivity contribution in [3.8, 4) is 11.4 Å². The molecule has 4 heteroatoms. The minimum Gasteiger partial charge on any atom is -0.455 e. The number of para-hydroxylation sites is 2. The van der Waals surface area contributed by atoms with Gasteiger partial charge in [0.25, 0.3) is 0 Å². The lowest BCUT2D eigenvalue weighted by Gasteiger charge is -2.13. The molecule has 27 heavy (non-hydrogen) atoms. The van der Waals surface area contributed by atoms with E-state index in [-0.39, 0.29) is 0 Å². The lowest BCUT2D eigenvalue weighted by molar-refractivity contribution is 0.0991. The maximum Gasteiger partial charge on any atom is 0.246 e. The first-order valence-corrected chi connectivity index (χ1v) is 8.90. The second-order valence-corrected chi connectivity index (χ2v) is 6.49. The molecule has 0 aliphatic carbocycles. The van der Waals surface area contributed by atoms with E-state index in [2.05, 4.69) is 46.0 Å². The topological polar surface area (TPSA) is 30.4 Å². The molecule has 0 aliphatic rings. The van der Waals surface area contributed by atoms with Crippen LogP contribution in [0.4, 0.5) is 0 Å². The van der Waals surface area contributed by atoms with Gasteiger partial charge in [-0.05, 0) is 25.0 Å². The van der Waals surface area contributed by atoms with Gasteiger partial charge in [0, 0.05) is 29.9 Å². The Balaban J connectivity index is 2.12. The molecule has 4 rings (SSSR count). The molecule has 2 aromatic carbocycles. The average Bonchev–Trinajstić information content (AvgIpc) is 3.19. The number of hydrogen-bond acceptors (Lipinski definition) is 1. The molecule has 2 heterocycles. The van der Waals surface area contributed by atoms with Crippen LogP contribution in [0.1, 0.15) is 5.56 Å². The van der Waals surface area contributed by atoms with Crippen molar-refractivity contribution >= 4 is 28.6 Å². The normalized spacial score (nSPS) is 11.3. The minimum absolute atomic E-state index is 0.328. The van der Waals surface area contributed by atoms with E-state index in [0.29, 0.717) is 19.9 Å². The lowest BCUT2D eigenvalue weighted by atomic mass is 10.1. The minimum atomic E-state index is 0.328. The van der Waals surface area contributed by atoms with Crippen LogP contribution in [0.25, 0.3) is 33.2 Å². The van der Waals surface area contributed by atoms with Crippen molar-refractivity contribution in [1.82, 2.24) is 9.13 Å². The molecule has 0 radical (unpaired) electrons. The van der Waals surface area contributed by atoms with Crippen LogP contribution in [-0.4, -0.2) is 23.0 Å². The quantitative estimate of drug-likeness (QED) is 0.201. The molecular weight excluding hydrogens is 336 g/mol. The lowest BCUT2D eigenvalue weighted by Crippen LogP contribution is -2.06. The Morgan fingerprint density at radius 2 is 1.81 bits per heavy atom. The fourth-order valence-electron chi connectivity index (χ4n) is 3.89. The van der Waals surface area contributed by atoms with Gasteiger partial charge in [0.2, 0.25) is 6.61 Å². The molecule has 0 N–H and O–H groups in total. The van der Waals surface area contributed by atoms with Crippen molar-refractivity contribution in [3.05, 3.63) is 72.8 Å². The van der Waals surface area contributed by atoms with Crippen molar-refractivity contribution in [2.24, 2.45) is 0 Å². The Labute approximate surface area is 158 Å². The van der Waals surface area contributed by atoms with Gasteiger partial charge in [-0.25, -0.2) is 0 Å². The zero-order valence-corrected chi connectivity index (χ0v) is 15.4. The summed E-state index contributed by atoms with van der Waals surface area (Å²) < 4.78 is 15.0. The second kappa shape index (κ2) is 7.25. The summed E-state index contributed by atoms with van der Waals surface area (Å²) in [6, 6.07) is 18.8. The molecular formula is C23H22N2O2. The Morgan fingerprint density at radius 3 is 2.56 bits per heavy atom. The predicted octanol–water partition coefficient (Wildman–Crippen LogP) is 4.83. The zero-order valence-electron chi connectivity index (χ0n) is 15.4. The summed E-state index contributed by atoms with van der Waals surface area (Å²) in [6.45, 7) is 10.9. The highest BCUT2D eigenvalue weighted by molar-refractivity contribution is 5.94. The van der Waals surface area contributed by atoms with Crippen LogP contribution in [0, 0.1) is 0 Å². The molecule has 0 atom stereocenters. The van der Waals surface area contributed by atoms with Gasteiger partial charge in [-0.15, -0.1) is 6.58 Å². The Bertz CT molecular complexity index is 1090. The average molecular weight is 358 g/mol. The predicted molar refractivity (Wildman–Crippen MR) is 111 cm³/mol. The first-order valence-electron chi connectivity index (χ1n) is 8.90. The van der Waals surface area contributed by atoms with E-state index in [1.54, 1.807) is 7.11 Å². The fraction of sp³-hybridized carbons (Fsp3) is 0.174. The van der Waals surface area contributed by atoms with Crippen LogP contribution in [0.3, 0.4) is 0 Å². The zero-order chi connectivity index (χ0) is 18.8. The number of rotatable bonds is 7. The van der Waals surface area contributed by atoms with Gasteiger partial charge in [-0.3, -0.25) is 0 Å². The standard InChI is InChI=1S/C23H22N2O2/c1-4-13-24-21-12-8-6-10-18(21)19(15-26-2)23(24)22-14-17-9-5-7-11-20(17)25(22)16-27-3/h2,4-12,14H,1,13,15-16H2,3H3. The number of allylic oxidation sites excluding steroid dienone is 1. The van der Waals surface area contributed by atoms with Crippen LogP contribution in [0.15, 0.2) is 67.3 Å². The summed E-state index contributed by atoms with van der Waals surface area (Å²) in [5, 5.41) is 2.30. The third kappa shape index (κ3) is 2.78. The van der Waals surface area contributed by atoms with Crippen LogP contribution in [0.2, 0.25) is 0 Å². The second-order valence-electron chi connectivity index (χ2n) is 6.49. The van der Waals surface area contributed by atoms with Crippen LogP contribution in [0.5, 0.6) is 0 Å². The van der Waals surface area contributed by atoms with Crippen molar-refractivity contribution in [2.45, 2.75) is 19.9 Å². The first-order chi connectivity index (χ1) is 13.3. The number of hydrogen-bond donors (Lipinski definition) is 0. The van der Waals surface area contributed by atoms with Crippen LogP contribution >= 0.6 is 0 Å². The molecule has 0 bridgehead atoms. The molecule has 0 saturated carbocycles. The summed E-state index contributed by atoms with van der Waals surface area (Å²) in [7, 11) is 1.71. The van der Waals surface area contributed by atoms with Crippen molar-refractivity contribution in [1.29, 1.82) is 0 Å². The highest BCUT2D eigenvalue weighted by Gasteiger charge is 2.23. The molecule has 2 aromatic heterocycles. The molecule has 0 fully saturated rings. The third-order valence-electron chi connectivity index (χ3n) is 4.93. The summed E-state index contributed by atoms with van der Waals surface area (Å²) in [4.78, 5) is 0. The summed E-state index contributed by atoms with van der Waals surface area (Å²) in [5.74, 6) is 0. The van der Waals surface area contributed by atoms with E-state index in [9.17, 15) is 0 Å². The van der Waals surface area contributed by atoms with Gasteiger partial charge < -0.3 is 18.3 Å². The Hall–Kier alpha value is -3.11. The monoisotopic (exact) mass is 358 g/mol. The highest BCUT2D eigenvalue weighted by atomic mass is 16.5. The largest absolute Gasteiger partial charge is 0.455 e. The molecule has 0 unspecified atom stereocenters. The van der Waals surface area contributed by atoms with E-state index in [4.69, 9.17) is 16.0 Å². The summed E-state index contributed by atoms with van der Waals surface area (Å²) in [6.07, 6.45) is 1.91. The fourth-order valence-corrected chi connectivity index (χ4v) is 3.89. The molecule has 0 saturated heterocycles. The Morgan fingerprint density at radius 1 is 1.07 bits per heavy atom. The smallest absolute Gasteiger partial charge is 0.246 e. The number of aromatic nitrogens is 2. The van der Waals surface area contributed by atoms with Crippen LogP contribution in [-0.2, 0) is 29.0 Å². The van der Waals surface area contributed by atoms with E-state index in [1.807, 2.05) is 30.3 Å². The van der Waals surface area contributed by atoms with Crippen molar-refractivity contribution in [2.75, 3.05) is 7.11 Å². The van der Waals surface area contributed by atoms with Gasteiger partial charge in [-0.1, -0.05) is 42.5 Å². The van der Waals surface area contributed by atoms with Crippen molar-refractivity contribution < 1.29 is 9.16 Å². The van der Waals surface area contributed by atoms with E-state index in [1.165, 1.54) is 5.39 Å². The van der Waals surface area contributed by atoms with Gasteiger partial charge in [0.05, 0.1) is 22.5 Å². The number of methoxy groups -OCH3 is 1. The maximum atomic E-state index is 5.51. The Kier molecular flexibility index (Phi) is 4.65. The molecule has 0 amide bonds. The van der Waals surface area contributed by atoms with E-state index >= 15 is 0 Å². The molecule has 0 spiro atoms. The number of ether oxygens (including phenoxy) is 1. The number of nitrogens with zero attached hydrogens (tertiary/aromatic N) is 2. The number of benzene rings is 2. The molecule has 4 nitrogen and oxygen atoms in total. The summed E-state index contributed by atoms with van der Waals surface area (Å²) in [5.41, 5.74) is 5.48. The highest BCUT2D eigenvalue weighted by Crippen LogP contribution is 2.37. The molecule has 136 valence electrons. The molecule has 4 aromatic rings. The first kappa shape index (κ1) is 17.3. The van der Waals surface area contributed by atoms with Gasteiger partial charge in [0.15, 0.2) is 0 Å². The summed E-state index contributed by atoms with van der Waals surface area (Å²) >= 11 is 0. The third-order valence-corrected chi connectivity index (χ3v) is 4.93. The van der Waals surface area contributed by atoms with Gasteiger partial charge in [-0.2, -0.15) is 0 Å². The maximum absolute atomic E-state index is 5.51. The number of fused-ring (bicyclic) bond motifs is 2. The molecule has 0 aliphatic heterocycles. The number of carbonyl (C=O) groups excluding carboxylic acids is 1. The van der Waals surface area contributed by atoms with Crippen LogP contribution < -0.4 is 0 Å². The van der Waals surface area contributed by atoms with E-state index in [0.717, 1.165) is 33.4 Å². The van der Waals surface area contributed by atoms with E-state index < -0.39 is 0 Å². The SMILES string of the molecule is [CH-]=[O+]Cc1c(-c2cc3ccccc3n2COC)n(CC=C)c2ccccc12. The van der Waals surface area contributed by atoms with Gasteiger partial charge in [0.1, 0.15) is 6.73 Å². The van der Waals surface area contributed by atoms with Gasteiger partial charge >= 0.3 is 0 Å². The van der Waals surface area contributed by atoms with Crippen molar-refractivity contribution in [3.63, 3.8) is 0 Å².